The van der Waals surface area contributed by atoms with Gasteiger partial charge in [0.15, 0.2) is 0 Å². The van der Waals surface area contributed by atoms with E-state index in [-0.39, 0.29) is 0 Å². The number of hydrogen-bond donors (Lipinski definition) is 2. The molecule has 2 rings (SSSR count). The van der Waals surface area contributed by atoms with Crippen LogP contribution >= 0.6 is 11.3 Å². The molecule has 1 aromatic rings. The standard InChI is InChI=1S/C9H14N2S/c10-8-6-11-4-3-7(8)9-2-1-5-12-9/h1-2,5,7-8,11H,3-4,6,10H2. The molecule has 2 heterocycles. The van der Waals surface area contributed by atoms with Gasteiger partial charge >= 0.3 is 0 Å². The summed E-state index contributed by atoms with van der Waals surface area (Å²) >= 11 is 1.83. The van der Waals surface area contributed by atoms with E-state index in [1.165, 1.54) is 11.3 Å². The molecule has 2 unspecified atom stereocenters. The summed E-state index contributed by atoms with van der Waals surface area (Å²) in [5, 5.41) is 5.44. The topological polar surface area (TPSA) is 38.0 Å². The van der Waals surface area contributed by atoms with Crippen molar-refractivity contribution in [2.24, 2.45) is 5.73 Å². The zero-order chi connectivity index (χ0) is 8.39. The zero-order valence-corrected chi connectivity index (χ0v) is 7.81. The SMILES string of the molecule is NC1CNCCC1c1cccs1. The first kappa shape index (κ1) is 8.23. The molecular weight excluding hydrogens is 168 g/mol. The van der Waals surface area contributed by atoms with Crippen LogP contribution in [0.4, 0.5) is 0 Å². The second-order valence-corrected chi connectivity index (χ2v) is 4.26. The highest BCUT2D eigenvalue weighted by Gasteiger charge is 2.23. The average molecular weight is 182 g/mol. The van der Waals surface area contributed by atoms with Gasteiger partial charge in [-0.15, -0.1) is 11.3 Å². The first-order valence-corrected chi connectivity index (χ1v) is 5.25. The van der Waals surface area contributed by atoms with Crippen LogP contribution in [0.5, 0.6) is 0 Å². The van der Waals surface area contributed by atoms with Crippen molar-refractivity contribution in [3.05, 3.63) is 22.4 Å². The van der Waals surface area contributed by atoms with Crippen molar-refractivity contribution in [1.82, 2.24) is 5.32 Å². The molecule has 1 aromatic heterocycles. The summed E-state index contributed by atoms with van der Waals surface area (Å²) in [5.41, 5.74) is 6.01. The molecule has 2 nitrogen and oxygen atoms in total. The van der Waals surface area contributed by atoms with Crippen LogP contribution in [0, 0.1) is 0 Å². The van der Waals surface area contributed by atoms with E-state index in [1.807, 2.05) is 11.3 Å². The van der Waals surface area contributed by atoms with Gasteiger partial charge in [-0.05, 0) is 24.4 Å². The third kappa shape index (κ3) is 1.53. The van der Waals surface area contributed by atoms with Gasteiger partial charge < -0.3 is 11.1 Å². The largest absolute Gasteiger partial charge is 0.326 e. The van der Waals surface area contributed by atoms with Crippen LogP contribution < -0.4 is 11.1 Å². The van der Waals surface area contributed by atoms with Crippen LogP contribution in [0.25, 0.3) is 0 Å². The van der Waals surface area contributed by atoms with Crippen molar-refractivity contribution in [2.45, 2.75) is 18.4 Å². The number of hydrogen-bond acceptors (Lipinski definition) is 3. The van der Waals surface area contributed by atoms with Gasteiger partial charge in [0.05, 0.1) is 0 Å². The molecule has 0 spiro atoms. The molecule has 0 saturated carbocycles. The molecule has 1 fully saturated rings. The van der Waals surface area contributed by atoms with E-state index in [0.29, 0.717) is 12.0 Å². The van der Waals surface area contributed by atoms with E-state index in [0.717, 1.165) is 13.1 Å². The van der Waals surface area contributed by atoms with E-state index < -0.39 is 0 Å². The second-order valence-electron chi connectivity index (χ2n) is 3.28. The molecule has 12 heavy (non-hydrogen) atoms. The Hall–Kier alpha value is -0.380. The summed E-state index contributed by atoms with van der Waals surface area (Å²) in [4.78, 5) is 1.45. The van der Waals surface area contributed by atoms with Crippen molar-refractivity contribution in [3.63, 3.8) is 0 Å². The second kappa shape index (κ2) is 3.56. The third-order valence-corrected chi connectivity index (χ3v) is 3.44. The van der Waals surface area contributed by atoms with E-state index >= 15 is 0 Å². The minimum atomic E-state index is 0.303. The maximum absolute atomic E-state index is 6.01. The number of rotatable bonds is 1. The maximum atomic E-state index is 6.01. The van der Waals surface area contributed by atoms with Crippen LogP contribution in [-0.2, 0) is 0 Å². The van der Waals surface area contributed by atoms with E-state index in [2.05, 4.69) is 22.8 Å². The first-order chi connectivity index (χ1) is 5.88. The minimum Gasteiger partial charge on any atom is -0.326 e. The number of nitrogens with one attached hydrogen (secondary N) is 1. The molecule has 0 aliphatic carbocycles. The Balaban J connectivity index is 2.11. The molecule has 3 heteroatoms. The summed E-state index contributed by atoms with van der Waals surface area (Å²) in [5.74, 6) is 0.589. The van der Waals surface area contributed by atoms with Crippen molar-refractivity contribution in [1.29, 1.82) is 0 Å². The summed E-state index contributed by atoms with van der Waals surface area (Å²) < 4.78 is 0. The molecular formula is C9H14N2S. The maximum Gasteiger partial charge on any atom is 0.0243 e. The highest BCUT2D eigenvalue weighted by molar-refractivity contribution is 7.10. The Kier molecular flexibility index (Phi) is 2.44. The lowest BCUT2D eigenvalue weighted by Gasteiger charge is -2.28. The predicted octanol–water partition coefficient (Wildman–Crippen LogP) is 1.15. The van der Waals surface area contributed by atoms with E-state index in [9.17, 15) is 0 Å². The molecule has 0 aromatic carbocycles. The molecule has 0 amide bonds. The smallest absolute Gasteiger partial charge is 0.0243 e. The lowest BCUT2D eigenvalue weighted by Crippen LogP contribution is -2.44. The van der Waals surface area contributed by atoms with Crippen LogP contribution in [-0.4, -0.2) is 19.1 Å². The summed E-state index contributed by atoms with van der Waals surface area (Å²) in [6.07, 6.45) is 1.18. The van der Waals surface area contributed by atoms with Gasteiger partial charge in [0.1, 0.15) is 0 Å². The molecule has 1 aliphatic heterocycles. The Labute approximate surface area is 76.8 Å². The fourth-order valence-electron chi connectivity index (χ4n) is 1.74. The molecule has 2 atom stereocenters. The monoisotopic (exact) mass is 182 g/mol. The average Bonchev–Trinajstić information content (AvgIpc) is 2.57. The fraction of sp³-hybridized carbons (Fsp3) is 0.556. The lowest BCUT2D eigenvalue weighted by molar-refractivity contribution is 0.407. The number of nitrogens with two attached hydrogens (primary N) is 1. The van der Waals surface area contributed by atoms with Crippen LogP contribution in [0.1, 0.15) is 17.2 Å². The normalized spacial score (nSPS) is 30.4. The first-order valence-electron chi connectivity index (χ1n) is 4.37. The summed E-state index contributed by atoms with van der Waals surface area (Å²) in [6, 6.07) is 4.60. The van der Waals surface area contributed by atoms with Crippen LogP contribution in [0.3, 0.4) is 0 Å². The fourth-order valence-corrected chi connectivity index (χ4v) is 2.68. The number of piperidine rings is 1. The molecule has 66 valence electrons. The van der Waals surface area contributed by atoms with Gasteiger partial charge in [-0.1, -0.05) is 6.07 Å². The predicted molar refractivity (Wildman–Crippen MR) is 52.5 cm³/mol. The van der Waals surface area contributed by atoms with Gasteiger partial charge in [0, 0.05) is 23.4 Å². The van der Waals surface area contributed by atoms with E-state index in [1.54, 1.807) is 0 Å². The minimum absolute atomic E-state index is 0.303. The molecule has 3 N–H and O–H groups in total. The van der Waals surface area contributed by atoms with Gasteiger partial charge in [-0.25, -0.2) is 0 Å². The Morgan fingerprint density at radius 1 is 1.58 bits per heavy atom. The highest BCUT2D eigenvalue weighted by atomic mass is 32.1. The van der Waals surface area contributed by atoms with Gasteiger partial charge in [0.2, 0.25) is 0 Å². The van der Waals surface area contributed by atoms with Gasteiger partial charge in [-0.2, -0.15) is 0 Å². The lowest BCUT2D eigenvalue weighted by atomic mass is 9.92. The highest BCUT2D eigenvalue weighted by Crippen LogP contribution is 2.27. The Morgan fingerprint density at radius 3 is 3.17 bits per heavy atom. The third-order valence-electron chi connectivity index (χ3n) is 2.44. The van der Waals surface area contributed by atoms with Crippen molar-refractivity contribution < 1.29 is 0 Å². The van der Waals surface area contributed by atoms with Crippen LogP contribution in [0.15, 0.2) is 17.5 Å². The Bertz CT molecular complexity index is 233. The van der Waals surface area contributed by atoms with Crippen molar-refractivity contribution >= 4 is 11.3 Å². The number of thiophene rings is 1. The molecule has 0 radical (unpaired) electrons. The summed E-state index contributed by atoms with van der Waals surface area (Å²) in [6.45, 7) is 2.07. The van der Waals surface area contributed by atoms with Crippen molar-refractivity contribution in [2.75, 3.05) is 13.1 Å². The molecule has 1 aliphatic rings. The quantitative estimate of drug-likeness (QED) is 0.684. The molecule has 0 bridgehead atoms. The zero-order valence-electron chi connectivity index (χ0n) is 6.99. The van der Waals surface area contributed by atoms with E-state index in [4.69, 9.17) is 5.73 Å². The van der Waals surface area contributed by atoms with Gasteiger partial charge in [-0.3, -0.25) is 0 Å². The molecule has 1 saturated heterocycles. The Morgan fingerprint density at radius 2 is 2.50 bits per heavy atom. The van der Waals surface area contributed by atoms with Crippen molar-refractivity contribution in [3.8, 4) is 0 Å². The van der Waals surface area contributed by atoms with Crippen LogP contribution in [0.2, 0.25) is 0 Å². The van der Waals surface area contributed by atoms with Gasteiger partial charge in [0.25, 0.3) is 0 Å². The summed E-state index contributed by atoms with van der Waals surface area (Å²) in [7, 11) is 0.